The first-order valence-electron chi connectivity index (χ1n) is 5.67. The molecule has 1 aliphatic carbocycles. The van der Waals surface area contributed by atoms with E-state index in [1.807, 2.05) is 0 Å². The standard InChI is InChI=1S/C13H12F4O2/c1-12(2)8(9(12)11(18)19)6-4-3-5-7(10(6)14)13(15,16)17/h3-5,8-9H,1-2H3,(H,18,19). The first-order chi connectivity index (χ1) is 8.58. The van der Waals surface area contributed by atoms with Gasteiger partial charge in [0.2, 0.25) is 0 Å². The van der Waals surface area contributed by atoms with Gasteiger partial charge in [0, 0.05) is 5.92 Å². The second-order valence-corrected chi connectivity index (χ2v) is 5.32. The molecule has 0 saturated heterocycles. The fraction of sp³-hybridized carbons (Fsp3) is 0.462. The molecule has 1 saturated carbocycles. The van der Waals surface area contributed by atoms with Gasteiger partial charge in [0.05, 0.1) is 11.5 Å². The van der Waals surface area contributed by atoms with Gasteiger partial charge in [-0.15, -0.1) is 0 Å². The molecule has 0 aliphatic heterocycles. The van der Waals surface area contributed by atoms with Crippen LogP contribution in [0.15, 0.2) is 18.2 Å². The molecule has 0 radical (unpaired) electrons. The van der Waals surface area contributed by atoms with E-state index < -0.39 is 40.8 Å². The molecule has 0 aromatic heterocycles. The molecular weight excluding hydrogens is 264 g/mol. The summed E-state index contributed by atoms with van der Waals surface area (Å²) in [5, 5.41) is 9.00. The van der Waals surface area contributed by atoms with Crippen LogP contribution in [0.25, 0.3) is 0 Å². The Balaban J connectivity index is 2.47. The molecule has 0 heterocycles. The molecule has 0 spiro atoms. The Hall–Kier alpha value is -1.59. The monoisotopic (exact) mass is 276 g/mol. The van der Waals surface area contributed by atoms with Crippen molar-refractivity contribution >= 4 is 5.97 Å². The molecule has 1 aromatic carbocycles. The van der Waals surface area contributed by atoms with Crippen molar-refractivity contribution in [3.05, 3.63) is 35.1 Å². The molecule has 2 atom stereocenters. The summed E-state index contributed by atoms with van der Waals surface area (Å²) in [6, 6.07) is 2.98. The lowest BCUT2D eigenvalue weighted by molar-refractivity contribution is -0.140. The number of carboxylic acid groups (broad SMARTS) is 1. The number of benzene rings is 1. The Kier molecular flexibility index (Phi) is 2.88. The summed E-state index contributed by atoms with van der Waals surface area (Å²) in [5.41, 5.74) is -2.26. The molecule has 1 aliphatic rings. The molecular formula is C13H12F4O2. The van der Waals surface area contributed by atoms with Crippen LogP contribution < -0.4 is 0 Å². The van der Waals surface area contributed by atoms with Gasteiger partial charge in [-0.1, -0.05) is 26.0 Å². The number of hydrogen-bond donors (Lipinski definition) is 1. The Morgan fingerprint density at radius 1 is 1.32 bits per heavy atom. The molecule has 6 heteroatoms. The Morgan fingerprint density at radius 2 is 1.89 bits per heavy atom. The van der Waals surface area contributed by atoms with E-state index in [2.05, 4.69) is 0 Å². The van der Waals surface area contributed by atoms with E-state index in [0.29, 0.717) is 6.07 Å². The molecule has 19 heavy (non-hydrogen) atoms. The lowest BCUT2D eigenvalue weighted by atomic mass is 10.00. The van der Waals surface area contributed by atoms with E-state index in [9.17, 15) is 22.4 Å². The van der Waals surface area contributed by atoms with Gasteiger partial charge in [0.1, 0.15) is 5.82 Å². The summed E-state index contributed by atoms with van der Waals surface area (Å²) in [5.74, 6) is -4.07. The number of alkyl halides is 3. The number of carbonyl (C=O) groups is 1. The van der Waals surface area contributed by atoms with Crippen molar-refractivity contribution in [1.82, 2.24) is 0 Å². The van der Waals surface area contributed by atoms with Crippen molar-refractivity contribution in [1.29, 1.82) is 0 Å². The third-order valence-corrected chi connectivity index (χ3v) is 3.76. The van der Waals surface area contributed by atoms with Gasteiger partial charge in [-0.05, 0) is 17.0 Å². The fourth-order valence-corrected chi connectivity index (χ4v) is 2.69. The van der Waals surface area contributed by atoms with Crippen LogP contribution in [-0.2, 0) is 11.0 Å². The lowest BCUT2D eigenvalue weighted by Crippen LogP contribution is -2.10. The summed E-state index contributed by atoms with van der Waals surface area (Å²) in [6.45, 7) is 3.21. The van der Waals surface area contributed by atoms with E-state index in [0.717, 1.165) is 6.07 Å². The van der Waals surface area contributed by atoms with Crippen LogP contribution in [0.2, 0.25) is 0 Å². The van der Waals surface area contributed by atoms with Crippen molar-refractivity contribution < 1.29 is 27.5 Å². The summed E-state index contributed by atoms with van der Waals surface area (Å²) in [4.78, 5) is 11.0. The van der Waals surface area contributed by atoms with Gasteiger partial charge in [-0.3, -0.25) is 4.79 Å². The van der Waals surface area contributed by atoms with E-state index in [1.165, 1.54) is 6.07 Å². The van der Waals surface area contributed by atoms with Crippen LogP contribution in [0.4, 0.5) is 17.6 Å². The first-order valence-corrected chi connectivity index (χ1v) is 5.67. The SMILES string of the molecule is CC1(C)C(C(=O)O)C1c1cccc(C(F)(F)F)c1F. The van der Waals surface area contributed by atoms with Crippen molar-refractivity contribution in [3.8, 4) is 0 Å². The maximum Gasteiger partial charge on any atom is 0.419 e. The van der Waals surface area contributed by atoms with E-state index in [4.69, 9.17) is 5.11 Å². The zero-order valence-electron chi connectivity index (χ0n) is 10.3. The van der Waals surface area contributed by atoms with Crippen LogP contribution in [0.5, 0.6) is 0 Å². The zero-order valence-corrected chi connectivity index (χ0v) is 10.3. The predicted molar refractivity (Wildman–Crippen MR) is 59.0 cm³/mol. The predicted octanol–water partition coefficient (Wildman–Crippen LogP) is 3.67. The highest BCUT2D eigenvalue weighted by Gasteiger charge is 2.63. The maximum absolute atomic E-state index is 13.9. The van der Waals surface area contributed by atoms with Gasteiger partial charge in [-0.2, -0.15) is 13.2 Å². The topological polar surface area (TPSA) is 37.3 Å². The van der Waals surface area contributed by atoms with Gasteiger partial charge in [-0.25, -0.2) is 4.39 Å². The average molecular weight is 276 g/mol. The van der Waals surface area contributed by atoms with E-state index >= 15 is 0 Å². The molecule has 0 bridgehead atoms. The Labute approximate surface area is 107 Å². The largest absolute Gasteiger partial charge is 0.481 e. The second-order valence-electron chi connectivity index (χ2n) is 5.32. The summed E-state index contributed by atoms with van der Waals surface area (Å²) in [6.07, 6.45) is -4.78. The van der Waals surface area contributed by atoms with E-state index in [-0.39, 0.29) is 5.56 Å². The maximum atomic E-state index is 13.9. The first kappa shape index (κ1) is 13.8. The molecule has 1 N–H and O–H groups in total. The van der Waals surface area contributed by atoms with Gasteiger partial charge < -0.3 is 5.11 Å². The lowest BCUT2D eigenvalue weighted by Gasteiger charge is -2.11. The van der Waals surface area contributed by atoms with Crippen molar-refractivity contribution in [2.45, 2.75) is 25.9 Å². The molecule has 2 unspecified atom stereocenters. The third-order valence-electron chi connectivity index (χ3n) is 3.76. The average Bonchev–Trinajstić information content (AvgIpc) is 2.80. The van der Waals surface area contributed by atoms with Crippen LogP contribution in [0.3, 0.4) is 0 Å². The third kappa shape index (κ3) is 2.09. The molecule has 1 fully saturated rings. The number of hydrogen-bond acceptors (Lipinski definition) is 1. The van der Waals surface area contributed by atoms with Gasteiger partial charge in [0.25, 0.3) is 0 Å². The highest BCUT2D eigenvalue weighted by molar-refractivity contribution is 5.77. The van der Waals surface area contributed by atoms with Crippen LogP contribution in [0.1, 0.15) is 30.9 Å². The van der Waals surface area contributed by atoms with Gasteiger partial charge in [0.15, 0.2) is 0 Å². The fourth-order valence-electron chi connectivity index (χ4n) is 2.69. The summed E-state index contributed by atoms with van der Waals surface area (Å²) >= 11 is 0. The van der Waals surface area contributed by atoms with Crippen LogP contribution in [-0.4, -0.2) is 11.1 Å². The Morgan fingerprint density at radius 3 is 2.32 bits per heavy atom. The smallest absolute Gasteiger partial charge is 0.419 e. The second kappa shape index (κ2) is 3.95. The normalized spacial score (nSPS) is 25.2. The zero-order chi connectivity index (χ0) is 14.6. The molecule has 2 nitrogen and oxygen atoms in total. The molecule has 104 valence electrons. The van der Waals surface area contributed by atoms with Crippen molar-refractivity contribution in [2.24, 2.45) is 11.3 Å². The highest BCUT2D eigenvalue weighted by Crippen LogP contribution is 2.65. The molecule has 0 amide bonds. The van der Waals surface area contributed by atoms with E-state index in [1.54, 1.807) is 13.8 Å². The number of rotatable bonds is 2. The molecule has 2 rings (SSSR count). The number of halogens is 4. The van der Waals surface area contributed by atoms with Crippen molar-refractivity contribution in [2.75, 3.05) is 0 Å². The van der Waals surface area contributed by atoms with Crippen molar-refractivity contribution in [3.63, 3.8) is 0 Å². The minimum Gasteiger partial charge on any atom is -0.481 e. The van der Waals surface area contributed by atoms with Crippen LogP contribution >= 0.6 is 0 Å². The number of aliphatic carboxylic acids is 1. The van der Waals surface area contributed by atoms with Crippen LogP contribution in [0, 0.1) is 17.2 Å². The minimum absolute atomic E-state index is 0.174. The molecule has 1 aromatic rings. The van der Waals surface area contributed by atoms with Gasteiger partial charge >= 0.3 is 12.1 Å². The minimum atomic E-state index is -4.78. The Bertz CT molecular complexity index is 534. The summed E-state index contributed by atoms with van der Waals surface area (Å²) in [7, 11) is 0. The summed E-state index contributed by atoms with van der Waals surface area (Å²) < 4.78 is 51.7. The quantitative estimate of drug-likeness (QED) is 0.837. The highest BCUT2D eigenvalue weighted by atomic mass is 19.4. The number of carboxylic acids is 1.